The summed E-state index contributed by atoms with van der Waals surface area (Å²) < 4.78 is 11.0. The van der Waals surface area contributed by atoms with E-state index in [1.54, 1.807) is 25.2 Å². The molecule has 1 unspecified atom stereocenters. The molecule has 0 aliphatic carbocycles. The first-order chi connectivity index (χ1) is 16.9. The summed E-state index contributed by atoms with van der Waals surface area (Å²) in [5, 5.41) is 6.05. The summed E-state index contributed by atoms with van der Waals surface area (Å²) >= 11 is 0. The fourth-order valence-electron chi connectivity index (χ4n) is 4.52. The van der Waals surface area contributed by atoms with E-state index in [1.165, 1.54) is 0 Å². The van der Waals surface area contributed by atoms with Crippen LogP contribution < -0.4 is 20.1 Å². The van der Waals surface area contributed by atoms with Gasteiger partial charge in [-0.25, -0.2) is 4.79 Å². The van der Waals surface area contributed by atoms with Crippen LogP contribution in [0.1, 0.15) is 38.7 Å². The molecule has 0 saturated heterocycles. The highest BCUT2D eigenvalue weighted by atomic mass is 16.5. The van der Waals surface area contributed by atoms with Gasteiger partial charge in [0.05, 0.1) is 20.3 Å². The van der Waals surface area contributed by atoms with Gasteiger partial charge in [-0.3, -0.25) is 4.79 Å². The van der Waals surface area contributed by atoms with E-state index in [-0.39, 0.29) is 24.5 Å². The number of nitrogens with one attached hydrogen (secondary N) is 2. The van der Waals surface area contributed by atoms with Crippen LogP contribution in [-0.4, -0.2) is 44.1 Å². The van der Waals surface area contributed by atoms with E-state index in [0.29, 0.717) is 30.0 Å². The standard InChI is InChI=1S/C28H31N3O4/c1-18-8-7-10-21(14-18)30-28(33)31-13-12-20-15-25(34-3)26(35-4)16-23(20)24(31)17-29-27(32)22-11-6-5-9-19(22)2/h5-11,14-16,24H,12-13,17H2,1-4H3,(H,29,32)(H,30,33). The van der Waals surface area contributed by atoms with Crippen LogP contribution >= 0.6 is 0 Å². The van der Waals surface area contributed by atoms with Crippen molar-refractivity contribution >= 4 is 17.6 Å². The molecule has 182 valence electrons. The van der Waals surface area contributed by atoms with E-state index < -0.39 is 0 Å². The van der Waals surface area contributed by atoms with E-state index >= 15 is 0 Å². The maximum atomic E-state index is 13.4. The number of urea groups is 1. The van der Waals surface area contributed by atoms with E-state index in [1.807, 2.05) is 68.4 Å². The molecule has 3 aromatic rings. The average molecular weight is 474 g/mol. The molecule has 35 heavy (non-hydrogen) atoms. The number of rotatable bonds is 6. The highest BCUT2D eigenvalue weighted by Crippen LogP contribution is 2.38. The smallest absolute Gasteiger partial charge is 0.322 e. The van der Waals surface area contributed by atoms with Gasteiger partial charge in [0.2, 0.25) is 0 Å². The summed E-state index contributed by atoms with van der Waals surface area (Å²) in [7, 11) is 3.19. The molecule has 1 aliphatic heterocycles. The zero-order valence-corrected chi connectivity index (χ0v) is 20.6. The van der Waals surface area contributed by atoms with Gasteiger partial charge in [-0.05, 0) is 72.9 Å². The molecule has 3 amide bonds. The van der Waals surface area contributed by atoms with Crippen molar-refractivity contribution in [3.8, 4) is 11.5 Å². The average Bonchev–Trinajstić information content (AvgIpc) is 2.86. The lowest BCUT2D eigenvalue weighted by atomic mass is 9.91. The molecule has 0 bridgehead atoms. The van der Waals surface area contributed by atoms with Crippen molar-refractivity contribution in [2.45, 2.75) is 26.3 Å². The van der Waals surface area contributed by atoms with Crippen molar-refractivity contribution in [3.05, 3.63) is 88.5 Å². The number of benzene rings is 3. The fraction of sp³-hybridized carbons (Fsp3) is 0.286. The third-order valence-electron chi connectivity index (χ3n) is 6.38. The van der Waals surface area contributed by atoms with Crippen molar-refractivity contribution in [3.63, 3.8) is 0 Å². The SMILES string of the molecule is COc1cc2c(cc1OC)C(CNC(=O)c1ccccc1C)N(C(=O)Nc1cccc(C)c1)CC2. The number of methoxy groups -OCH3 is 2. The maximum Gasteiger partial charge on any atom is 0.322 e. The first kappa shape index (κ1) is 24.1. The molecule has 1 atom stereocenters. The second-order valence-electron chi connectivity index (χ2n) is 8.69. The van der Waals surface area contributed by atoms with Crippen molar-refractivity contribution in [2.24, 2.45) is 0 Å². The lowest BCUT2D eigenvalue weighted by molar-refractivity contribution is 0.0935. The minimum Gasteiger partial charge on any atom is -0.493 e. The second kappa shape index (κ2) is 10.5. The number of hydrogen-bond acceptors (Lipinski definition) is 4. The number of nitrogens with zero attached hydrogens (tertiary/aromatic N) is 1. The summed E-state index contributed by atoms with van der Waals surface area (Å²) in [6.07, 6.45) is 0.666. The molecule has 1 heterocycles. The third kappa shape index (κ3) is 5.24. The summed E-state index contributed by atoms with van der Waals surface area (Å²) in [6.45, 7) is 4.65. The molecule has 4 rings (SSSR count). The number of aryl methyl sites for hydroxylation is 2. The Morgan fingerprint density at radius 1 is 0.971 bits per heavy atom. The molecule has 7 heteroatoms. The minimum atomic E-state index is -0.378. The Kier molecular flexibility index (Phi) is 7.25. The molecule has 0 radical (unpaired) electrons. The first-order valence-corrected chi connectivity index (χ1v) is 11.6. The topological polar surface area (TPSA) is 79.9 Å². The van der Waals surface area contributed by atoms with Crippen LogP contribution in [0.15, 0.2) is 60.7 Å². The molecule has 0 saturated carbocycles. The van der Waals surface area contributed by atoms with Gasteiger partial charge in [0, 0.05) is 24.3 Å². The molecular formula is C28H31N3O4. The maximum absolute atomic E-state index is 13.4. The Morgan fingerprint density at radius 2 is 1.71 bits per heavy atom. The van der Waals surface area contributed by atoms with Crippen molar-refractivity contribution in [1.82, 2.24) is 10.2 Å². The molecule has 1 aliphatic rings. The van der Waals surface area contributed by atoms with Crippen LogP contribution in [0.4, 0.5) is 10.5 Å². The number of fused-ring (bicyclic) bond motifs is 1. The summed E-state index contributed by atoms with van der Waals surface area (Å²) in [4.78, 5) is 28.1. The zero-order valence-electron chi connectivity index (χ0n) is 20.6. The van der Waals surface area contributed by atoms with Gasteiger partial charge in [-0.1, -0.05) is 30.3 Å². The predicted molar refractivity (Wildman–Crippen MR) is 136 cm³/mol. The van der Waals surface area contributed by atoms with Gasteiger partial charge in [0.1, 0.15) is 0 Å². The highest BCUT2D eigenvalue weighted by Gasteiger charge is 2.33. The largest absolute Gasteiger partial charge is 0.493 e. The fourth-order valence-corrected chi connectivity index (χ4v) is 4.52. The molecule has 3 aromatic carbocycles. The summed E-state index contributed by atoms with van der Waals surface area (Å²) in [5.41, 5.74) is 5.30. The number of carbonyl (C=O) groups excluding carboxylic acids is 2. The van der Waals surface area contributed by atoms with E-state index in [2.05, 4.69) is 10.6 Å². The molecule has 7 nitrogen and oxygen atoms in total. The second-order valence-corrected chi connectivity index (χ2v) is 8.69. The molecule has 0 fully saturated rings. The minimum absolute atomic E-state index is 0.172. The Balaban J connectivity index is 1.64. The van der Waals surface area contributed by atoms with Gasteiger partial charge in [0.25, 0.3) is 5.91 Å². The van der Waals surface area contributed by atoms with E-state index in [9.17, 15) is 9.59 Å². The third-order valence-corrected chi connectivity index (χ3v) is 6.38. The molecule has 0 spiro atoms. The number of carbonyl (C=O) groups is 2. The van der Waals surface area contributed by atoms with Gasteiger partial charge in [0.15, 0.2) is 11.5 Å². The Bertz CT molecular complexity index is 1240. The van der Waals surface area contributed by atoms with Crippen molar-refractivity contribution in [2.75, 3.05) is 32.6 Å². The monoisotopic (exact) mass is 473 g/mol. The van der Waals surface area contributed by atoms with Crippen LogP contribution in [0.25, 0.3) is 0 Å². The number of anilines is 1. The van der Waals surface area contributed by atoms with Gasteiger partial charge < -0.3 is 25.0 Å². The number of ether oxygens (including phenoxy) is 2. The van der Waals surface area contributed by atoms with Crippen LogP contribution in [0, 0.1) is 13.8 Å². The quantitative estimate of drug-likeness (QED) is 0.535. The lowest BCUT2D eigenvalue weighted by Crippen LogP contribution is -2.47. The van der Waals surface area contributed by atoms with Crippen molar-refractivity contribution < 1.29 is 19.1 Å². The van der Waals surface area contributed by atoms with Gasteiger partial charge >= 0.3 is 6.03 Å². The molecule has 2 N–H and O–H groups in total. The highest BCUT2D eigenvalue weighted by molar-refractivity contribution is 5.95. The Morgan fingerprint density at radius 3 is 2.43 bits per heavy atom. The van der Waals surface area contributed by atoms with Crippen LogP contribution in [-0.2, 0) is 6.42 Å². The molecular weight excluding hydrogens is 442 g/mol. The molecule has 0 aromatic heterocycles. The first-order valence-electron chi connectivity index (χ1n) is 11.6. The normalized spacial score (nSPS) is 14.6. The summed E-state index contributed by atoms with van der Waals surface area (Å²) in [6, 6.07) is 18.4. The number of hydrogen-bond donors (Lipinski definition) is 2. The van der Waals surface area contributed by atoms with Crippen LogP contribution in [0.2, 0.25) is 0 Å². The van der Waals surface area contributed by atoms with E-state index in [4.69, 9.17) is 9.47 Å². The Labute approximate surface area is 206 Å². The lowest BCUT2D eigenvalue weighted by Gasteiger charge is -2.38. The zero-order chi connectivity index (χ0) is 24.9. The van der Waals surface area contributed by atoms with E-state index in [0.717, 1.165) is 27.9 Å². The number of amides is 3. The Hall–Kier alpha value is -4.00. The predicted octanol–water partition coefficient (Wildman–Crippen LogP) is 4.88. The summed E-state index contributed by atoms with van der Waals surface area (Å²) in [5.74, 6) is 1.06. The van der Waals surface area contributed by atoms with Gasteiger partial charge in [-0.15, -0.1) is 0 Å². The van der Waals surface area contributed by atoms with Crippen LogP contribution in [0.5, 0.6) is 11.5 Å². The van der Waals surface area contributed by atoms with Gasteiger partial charge in [-0.2, -0.15) is 0 Å². The van der Waals surface area contributed by atoms with Crippen LogP contribution in [0.3, 0.4) is 0 Å². The van der Waals surface area contributed by atoms with Crippen molar-refractivity contribution in [1.29, 1.82) is 0 Å².